The van der Waals surface area contributed by atoms with Crippen molar-refractivity contribution in [1.82, 2.24) is 4.90 Å². The second-order valence-electron chi connectivity index (χ2n) is 6.12. The molecule has 0 aliphatic carbocycles. The zero-order valence-corrected chi connectivity index (χ0v) is 15.1. The fourth-order valence-corrected chi connectivity index (χ4v) is 3.58. The predicted octanol–water partition coefficient (Wildman–Crippen LogP) is 2.08. The van der Waals surface area contributed by atoms with Gasteiger partial charge in [-0.2, -0.15) is 0 Å². The number of aromatic hydroxyl groups is 1. The average Bonchev–Trinajstić information content (AvgIpc) is 2.63. The van der Waals surface area contributed by atoms with Crippen LogP contribution in [0.15, 0.2) is 53.0 Å². The third-order valence-electron chi connectivity index (χ3n) is 4.50. The van der Waals surface area contributed by atoms with Crippen molar-refractivity contribution in [2.75, 3.05) is 26.2 Å². The largest absolute Gasteiger partial charge is 0.508 e. The summed E-state index contributed by atoms with van der Waals surface area (Å²) >= 11 is 3.47. The van der Waals surface area contributed by atoms with E-state index in [1.165, 1.54) is 0 Å². The van der Waals surface area contributed by atoms with Crippen molar-refractivity contribution < 1.29 is 15.2 Å². The van der Waals surface area contributed by atoms with Crippen LogP contribution in [-0.4, -0.2) is 42.1 Å². The second-order valence-corrected chi connectivity index (χ2v) is 7.03. The highest BCUT2D eigenvalue weighted by atomic mass is 79.9. The Morgan fingerprint density at radius 1 is 1.17 bits per heavy atom. The van der Waals surface area contributed by atoms with Crippen molar-refractivity contribution in [1.29, 1.82) is 0 Å². The molecule has 1 amide bonds. The van der Waals surface area contributed by atoms with Crippen LogP contribution in [-0.2, 0) is 4.79 Å². The van der Waals surface area contributed by atoms with Crippen LogP contribution in [0.3, 0.4) is 0 Å². The van der Waals surface area contributed by atoms with Crippen molar-refractivity contribution in [3.05, 3.63) is 64.1 Å². The topological polar surface area (TPSA) is 57.1 Å². The summed E-state index contributed by atoms with van der Waals surface area (Å²) in [6, 6.07) is 15.3. The van der Waals surface area contributed by atoms with Gasteiger partial charge in [0.1, 0.15) is 5.75 Å². The van der Waals surface area contributed by atoms with Gasteiger partial charge >= 0.3 is 0 Å². The van der Waals surface area contributed by atoms with Gasteiger partial charge in [0, 0.05) is 22.4 Å². The molecule has 1 unspecified atom stereocenters. The number of hydrogen-bond donors (Lipinski definition) is 2. The molecule has 1 heterocycles. The van der Waals surface area contributed by atoms with Crippen LogP contribution in [0.5, 0.6) is 5.75 Å². The number of phenols is 1. The minimum atomic E-state index is -0.151. The number of carbonyl (C=O) groups is 1. The second kappa shape index (κ2) is 7.81. The monoisotopic (exact) mass is 389 g/mol. The van der Waals surface area contributed by atoms with Crippen LogP contribution in [0.2, 0.25) is 0 Å². The Balaban J connectivity index is 1.90. The van der Waals surface area contributed by atoms with Crippen LogP contribution < -0.4 is 5.32 Å². The molecule has 2 aromatic carbocycles. The number of hydrogen-bond acceptors (Lipinski definition) is 2. The Morgan fingerprint density at radius 3 is 2.58 bits per heavy atom. The number of halogens is 1. The Labute approximate surface area is 150 Å². The lowest BCUT2D eigenvalue weighted by atomic mass is 9.87. The SMILES string of the molecule is O=C(CC(c1ccccc1)c1cc(Br)ccc1O)N1CC[NH2+]CC1. The molecule has 2 aromatic rings. The highest BCUT2D eigenvalue weighted by molar-refractivity contribution is 9.10. The first kappa shape index (κ1) is 17.0. The Hall–Kier alpha value is -1.85. The lowest BCUT2D eigenvalue weighted by Gasteiger charge is -2.28. The molecular weight excluding hydrogens is 368 g/mol. The molecule has 0 saturated carbocycles. The fraction of sp³-hybridized carbons (Fsp3) is 0.316. The number of phenolic OH excluding ortho intramolecular Hbond substituents is 1. The summed E-state index contributed by atoms with van der Waals surface area (Å²) in [4.78, 5) is 14.7. The summed E-state index contributed by atoms with van der Waals surface area (Å²) in [5.41, 5.74) is 1.83. The molecule has 1 saturated heterocycles. The number of amides is 1. The molecular formula is C19H22BrN2O2+. The van der Waals surface area contributed by atoms with Gasteiger partial charge in [-0.1, -0.05) is 46.3 Å². The normalized spacial score (nSPS) is 16.0. The Kier molecular flexibility index (Phi) is 5.53. The summed E-state index contributed by atoms with van der Waals surface area (Å²) in [6.45, 7) is 3.52. The van der Waals surface area contributed by atoms with E-state index in [-0.39, 0.29) is 17.6 Å². The Bertz CT molecular complexity index is 700. The lowest BCUT2D eigenvalue weighted by molar-refractivity contribution is -0.662. The molecule has 1 aliphatic rings. The summed E-state index contributed by atoms with van der Waals surface area (Å²) in [5.74, 6) is 0.227. The third kappa shape index (κ3) is 3.97. The van der Waals surface area contributed by atoms with Crippen LogP contribution in [0.4, 0.5) is 0 Å². The van der Waals surface area contributed by atoms with Crippen molar-refractivity contribution in [3.63, 3.8) is 0 Å². The highest BCUT2D eigenvalue weighted by Crippen LogP contribution is 2.36. The molecule has 1 aliphatic heterocycles. The summed E-state index contributed by atoms with van der Waals surface area (Å²) in [7, 11) is 0. The van der Waals surface area contributed by atoms with Crippen molar-refractivity contribution in [3.8, 4) is 5.75 Å². The van der Waals surface area contributed by atoms with Crippen molar-refractivity contribution >= 4 is 21.8 Å². The first-order valence-electron chi connectivity index (χ1n) is 8.28. The maximum Gasteiger partial charge on any atom is 0.223 e. The van der Waals surface area contributed by atoms with Crippen LogP contribution in [0.1, 0.15) is 23.5 Å². The standard InChI is InChI=1S/C19H21BrN2O2/c20-15-6-7-18(23)17(12-15)16(14-4-2-1-3-5-14)13-19(24)22-10-8-21-9-11-22/h1-7,12,16,21,23H,8-11,13H2/p+1. The van der Waals surface area contributed by atoms with Gasteiger partial charge in [-0.05, 0) is 23.8 Å². The zero-order chi connectivity index (χ0) is 16.9. The molecule has 0 bridgehead atoms. The van der Waals surface area contributed by atoms with Gasteiger partial charge < -0.3 is 15.3 Å². The number of rotatable bonds is 4. The first-order chi connectivity index (χ1) is 11.6. The molecule has 4 nitrogen and oxygen atoms in total. The number of benzene rings is 2. The molecule has 0 spiro atoms. The minimum Gasteiger partial charge on any atom is -0.508 e. The van der Waals surface area contributed by atoms with Gasteiger partial charge in [-0.25, -0.2) is 0 Å². The molecule has 5 heteroatoms. The van der Waals surface area contributed by atoms with E-state index in [4.69, 9.17) is 0 Å². The van der Waals surface area contributed by atoms with E-state index >= 15 is 0 Å². The minimum absolute atomic E-state index is 0.149. The molecule has 1 atom stereocenters. The molecule has 3 rings (SSSR count). The van der Waals surface area contributed by atoms with Gasteiger partial charge in [0.25, 0.3) is 0 Å². The molecule has 3 N–H and O–H groups in total. The molecule has 126 valence electrons. The summed E-state index contributed by atoms with van der Waals surface area (Å²) in [6.07, 6.45) is 0.369. The van der Waals surface area contributed by atoms with Crippen LogP contribution >= 0.6 is 15.9 Å². The number of nitrogens with zero attached hydrogens (tertiary/aromatic N) is 1. The quantitative estimate of drug-likeness (QED) is 0.840. The van der Waals surface area contributed by atoms with Gasteiger partial charge in [-0.15, -0.1) is 0 Å². The Morgan fingerprint density at radius 2 is 1.88 bits per heavy atom. The van der Waals surface area contributed by atoms with Crippen LogP contribution in [0.25, 0.3) is 0 Å². The highest BCUT2D eigenvalue weighted by Gasteiger charge is 2.25. The van der Waals surface area contributed by atoms with E-state index in [2.05, 4.69) is 21.2 Å². The smallest absolute Gasteiger partial charge is 0.223 e. The third-order valence-corrected chi connectivity index (χ3v) is 5.00. The van der Waals surface area contributed by atoms with Gasteiger partial charge in [0.05, 0.1) is 26.2 Å². The van der Waals surface area contributed by atoms with E-state index in [1.807, 2.05) is 47.4 Å². The van der Waals surface area contributed by atoms with Gasteiger partial charge in [-0.3, -0.25) is 4.79 Å². The molecule has 0 aromatic heterocycles. The van der Waals surface area contributed by atoms with E-state index in [1.54, 1.807) is 6.07 Å². The average molecular weight is 390 g/mol. The van der Waals surface area contributed by atoms with E-state index < -0.39 is 0 Å². The van der Waals surface area contributed by atoms with E-state index in [0.717, 1.165) is 41.8 Å². The lowest BCUT2D eigenvalue weighted by Crippen LogP contribution is -2.89. The zero-order valence-electron chi connectivity index (χ0n) is 13.5. The van der Waals surface area contributed by atoms with Crippen molar-refractivity contribution in [2.24, 2.45) is 0 Å². The molecule has 24 heavy (non-hydrogen) atoms. The predicted molar refractivity (Wildman–Crippen MR) is 96.9 cm³/mol. The fourth-order valence-electron chi connectivity index (χ4n) is 3.20. The summed E-state index contributed by atoms with van der Waals surface area (Å²) in [5, 5.41) is 12.6. The van der Waals surface area contributed by atoms with Crippen molar-refractivity contribution in [2.45, 2.75) is 12.3 Å². The van der Waals surface area contributed by atoms with E-state index in [9.17, 15) is 9.90 Å². The first-order valence-corrected chi connectivity index (χ1v) is 9.07. The maximum absolute atomic E-state index is 12.8. The van der Waals surface area contributed by atoms with E-state index in [0.29, 0.717) is 6.42 Å². The maximum atomic E-state index is 12.8. The van der Waals surface area contributed by atoms with Crippen LogP contribution in [0, 0.1) is 0 Å². The van der Waals surface area contributed by atoms with Gasteiger partial charge in [0.15, 0.2) is 0 Å². The molecule has 0 radical (unpaired) electrons. The number of carbonyl (C=O) groups excluding carboxylic acids is 1. The number of piperazine rings is 1. The molecule has 1 fully saturated rings. The number of quaternary nitrogens is 1. The van der Waals surface area contributed by atoms with Gasteiger partial charge in [0.2, 0.25) is 5.91 Å². The number of nitrogens with two attached hydrogens (primary N) is 1. The summed E-state index contributed by atoms with van der Waals surface area (Å²) < 4.78 is 0.899.